The first-order valence-corrected chi connectivity index (χ1v) is 4.57. The highest BCUT2D eigenvalue weighted by molar-refractivity contribution is 5.03. The van der Waals surface area contributed by atoms with Crippen molar-refractivity contribution in [2.75, 3.05) is 33.9 Å². The van der Waals surface area contributed by atoms with Gasteiger partial charge in [-0.2, -0.15) is 0 Å². The second-order valence-corrected chi connectivity index (χ2v) is 2.80. The van der Waals surface area contributed by atoms with E-state index < -0.39 is 0 Å². The SMILES string of the molecule is CCOC(C#CCN(C)C)OCC. The lowest BCUT2D eigenvalue weighted by Gasteiger charge is -2.10. The Kier molecular flexibility index (Phi) is 7.71. The van der Waals surface area contributed by atoms with Crippen molar-refractivity contribution in [3.8, 4) is 11.8 Å². The zero-order chi connectivity index (χ0) is 10.1. The molecule has 0 aromatic rings. The standard InChI is InChI=1S/C10H19NO2/c1-5-12-10(13-6-2)8-7-9-11(3)4/h10H,5-6,9H2,1-4H3. The Morgan fingerprint density at radius 3 is 2.08 bits per heavy atom. The molecule has 0 amide bonds. The lowest BCUT2D eigenvalue weighted by molar-refractivity contribution is -0.0970. The van der Waals surface area contributed by atoms with Gasteiger partial charge in [0.2, 0.25) is 6.29 Å². The molecule has 0 radical (unpaired) electrons. The highest BCUT2D eigenvalue weighted by Gasteiger charge is 2.00. The Hall–Kier alpha value is -0.560. The molecule has 0 N–H and O–H groups in total. The lowest BCUT2D eigenvalue weighted by Crippen LogP contribution is -2.16. The molecular formula is C10H19NO2. The fraction of sp³-hybridized carbons (Fsp3) is 0.800. The maximum absolute atomic E-state index is 5.25. The van der Waals surface area contributed by atoms with Gasteiger partial charge in [-0.25, -0.2) is 0 Å². The maximum atomic E-state index is 5.25. The average molecular weight is 185 g/mol. The topological polar surface area (TPSA) is 21.7 Å². The molecule has 0 atom stereocenters. The normalized spacial score (nSPS) is 10.3. The average Bonchev–Trinajstić information content (AvgIpc) is 2.04. The smallest absolute Gasteiger partial charge is 0.222 e. The molecule has 0 saturated carbocycles. The minimum Gasteiger partial charge on any atom is -0.342 e. The molecule has 0 spiro atoms. The molecule has 13 heavy (non-hydrogen) atoms. The summed E-state index contributed by atoms with van der Waals surface area (Å²) in [5, 5.41) is 0. The minimum absolute atomic E-state index is 0.366. The van der Waals surface area contributed by atoms with Crippen LogP contribution in [0.5, 0.6) is 0 Å². The van der Waals surface area contributed by atoms with Gasteiger partial charge in [-0.1, -0.05) is 5.92 Å². The molecule has 3 nitrogen and oxygen atoms in total. The predicted molar refractivity (Wildman–Crippen MR) is 53.4 cm³/mol. The number of nitrogens with zero attached hydrogens (tertiary/aromatic N) is 1. The number of hydrogen-bond acceptors (Lipinski definition) is 3. The van der Waals surface area contributed by atoms with Gasteiger partial charge in [0.25, 0.3) is 0 Å². The van der Waals surface area contributed by atoms with Crippen LogP contribution in [0.15, 0.2) is 0 Å². The van der Waals surface area contributed by atoms with Crippen molar-refractivity contribution in [3.63, 3.8) is 0 Å². The van der Waals surface area contributed by atoms with Gasteiger partial charge in [-0.05, 0) is 33.9 Å². The fourth-order valence-corrected chi connectivity index (χ4v) is 0.721. The van der Waals surface area contributed by atoms with E-state index in [4.69, 9.17) is 9.47 Å². The quantitative estimate of drug-likeness (QED) is 0.470. The lowest BCUT2D eigenvalue weighted by atomic mass is 10.5. The second kappa shape index (κ2) is 8.06. The summed E-state index contributed by atoms with van der Waals surface area (Å²) < 4.78 is 10.5. The van der Waals surface area contributed by atoms with Gasteiger partial charge in [0, 0.05) is 13.2 Å². The van der Waals surface area contributed by atoms with Gasteiger partial charge in [-0.3, -0.25) is 4.90 Å². The van der Waals surface area contributed by atoms with Crippen LogP contribution in [0.3, 0.4) is 0 Å². The van der Waals surface area contributed by atoms with E-state index in [9.17, 15) is 0 Å². The van der Waals surface area contributed by atoms with E-state index in [1.807, 2.05) is 32.8 Å². The molecular weight excluding hydrogens is 166 g/mol. The van der Waals surface area contributed by atoms with Crippen LogP contribution in [-0.2, 0) is 9.47 Å². The van der Waals surface area contributed by atoms with Crippen LogP contribution >= 0.6 is 0 Å². The Labute approximate surface area is 81.0 Å². The van der Waals surface area contributed by atoms with Crippen LogP contribution in [0, 0.1) is 11.8 Å². The van der Waals surface area contributed by atoms with Crippen molar-refractivity contribution in [2.45, 2.75) is 20.1 Å². The molecule has 0 rings (SSSR count). The van der Waals surface area contributed by atoms with E-state index in [1.54, 1.807) is 0 Å². The maximum Gasteiger partial charge on any atom is 0.222 e. The zero-order valence-corrected chi connectivity index (χ0v) is 8.96. The predicted octanol–water partition coefficient (Wildman–Crippen LogP) is 0.951. The number of ether oxygens (including phenoxy) is 2. The molecule has 0 aromatic heterocycles. The van der Waals surface area contributed by atoms with Gasteiger partial charge in [0.05, 0.1) is 6.54 Å². The molecule has 0 bridgehead atoms. The van der Waals surface area contributed by atoms with E-state index in [0.717, 1.165) is 6.54 Å². The summed E-state index contributed by atoms with van der Waals surface area (Å²) in [6, 6.07) is 0. The highest BCUT2D eigenvalue weighted by atomic mass is 16.7. The van der Waals surface area contributed by atoms with Crippen molar-refractivity contribution in [1.82, 2.24) is 4.90 Å². The first kappa shape index (κ1) is 12.4. The summed E-state index contributed by atoms with van der Waals surface area (Å²) in [6.45, 7) is 5.85. The molecule has 0 aliphatic carbocycles. The van der Waals surface area contributed by atoms with Crippen molar-refractivity contribution >= 4 is 0 Å². The Morgan fingerprint density at radius 1 is 1.15 bits per heavy atom. The van der Waals surface area contributed by atoms with Crippen LogP contribution in [0.1, 0.15) is 13.8 Å². The van der Waals surface area contributed by atoms with E-state index in [0.29, 0.717) is 13.2 Å². The van der Waals surface area contributed by atoms with Crippen molar-refractivity contribution in [3.05, 3.63) is 0 Å². The molecule has 0 unspecified atom stereocenters. The van der Waals surface area contributed by atoms with E-state index in [-0.39, 0.29) is 6.29 Å². The molecule has 0 aliphatic heterocycles. The van der Waals surface area contributed by atoms with Gasteiger partial charge >= 0.3 is 0 Å². The molecule has 3 heteroatoms. The van der Waals surface area contributed by atoms with Gasteiger partial charge < -0.3 is 9.47 Å². The number of rotatable bonds is 5. The number of hydrogen-bond donors (Lipinski definition) is 0. The Morgan fingerprint density at radius 2 is 1.69 bits per heavy atom. The van der Waals surface area contributed by atoms with E-state index >= 15 is 0 Å². The van der Waals surface area contributed by atoms with Gasteiger partial charge in [-0.15, -0.1) is 0 Å². The fourth-order valence-electron chi connectivity index (χ4n) is 0.721. The second-order valence-electron chi connectivity index (χ2n) is 2.80. The third-order valence-electron chi connectivity index (χ3n) is 1.25. The monoisotopic (exact) mass is 185 g/mol. The van der Waals surface area contributed by atoms with Crippen LogP contribution in [0.4, 0.5) is 0 Å². The van der Waals surface area contributed by atoms with Crippen molar-refractivity contribution in [1.29, 1.82) is 0 Å². The van der Waals surface area contributed by atoms with Crippen LogP contribution in [0.2, 0.25) is 0 Å². The Bertz CT molecular complexity index is 163. The molecule has 0 aromatic carbocycles. The summed E-state index contributed by atoms with van der Waals surface area (Å²) in [5.74, 6) is 5.90. The minimum atomic E-state index is -0.366. The van der Waals surface area contributed by atoms with Crippen molar-refractivity contribution in [2.24, 2.45) is 0 Å². The summed E-state index contributed by atoms with van der Waals surface area (Å²) in [5.41, 5.74) is 0. The van der Waals surface area contributed by atoms with Crippen LogP contribution in [-0.4, -0.2) is 45.0 Å². The summed E-state index contributed by atoms with van der Waals surface area (Å²) in [4.78, 5) is 2.00. The summed E-state index contributed by atoms with van der Waals surface area (Å²) in [7, 11) is 3.95. The first-order valence-electron chi connectivity index (χ1n) is 4.57. The van der Waals surface area contributed by atoms with Crippen LogP contribution in [0.25, 0.3) is 0 Å². The molecule has 0 heterocycles. The Balaban J connectivity index is 3.81. The molecule has 0 fully saturated rings. The third-order valence-corrected chi connectivity index (χ3v) is 1.25. The zero-order valence-electron chi connectivity index (χ0n) is 8.96. The summed E-state index contributed by atoms with van der Waals surface area (Å²) >= 11 is 0. The van der Waals surface area contributed by atoms with E-state index in [2.05, 4.69) is 11.8 Å². The molecule has 76 valence electrons. The summed E-state index contributed by atoms with van der Waals surface area (Å²) in [6.07, 6.45) is -0.366. The third kappa shape index (κ3) is 7.79. The highest BCUT2D eigenvalue weighted by Crippen LogP contribution is 1.92. The molecule has 0 saturated heterocycles. The van der Waals surface area contributed by atoms with E-state index in [1.165, 1.54) is 0 Å². The van der Waals surface area contributed by atoms with Gasteiger partial charge in [0.15, 0.2) is 0 Å². The first-order chi connectivity index (χ1) is 6.20. The van der Waals surface area contributed by atoms with Crippen LogP contribution < -0.4 is 0 Å². The van der Waals surface area contributed by atoms with Gasteiger partial charge in [0.1, 0.15) is 0 Å². The molecule has 0 aliphatic rings. The van der Waals surface area contributed by atoms with Crippen molar-refractivity contribution < 1.29 is 9.47 Å². The largest absolute Gasteiger partial charge is 0.342 e.